The van der Waals surface area contributed by atoms with Crippen molar-refractivity contribution in [1.82, 2.24) is 9.97 Å². The molecule has 0 saturated heterocycles. The normalized spacial score (nSPS) is 11.6. The van der Waals surface area contributed by atoms with Gasteiger partial charge in [-0.3, -0.25) is 0 Å². The van der Waals surface area contributed by atoms with Crippen molar-refractivity contribution >= 4 is 55.6 Å². The number of pyridine rings is 2. The second kappa shape index (κ2) is 9.99. The van der Waals surface area contributed by atoms with Crippen LogP contribution in [0.25, 0.3) is 0 Å². The summed E-state index contributed by atoms with van der Waals surface area (Å²) < 4.78 is 25.8. The molecule has 0 saturated carbocycles. The molecule has 1 atom stereocenters. The molecule has 27 heavy (non-hydrogen) atoms. The van der Waals surface area contributed by atoms with Gasteiger partial charge in [0.05, 0.1) is 14.5 Å². The van der Waals surface area contributed by atoms with Crippen LogP contribution in [-0.4, -0.2) is 18.4 Å². The summed E-state index contributed by atoms with van der Waals surface area (Å²) >= 11 is 13.6. The topological polar surface area (TPSA) is 83.7 Å². The number of nitrogens with zero attached hydrogens (tertiary/aromatic N) is 3. The Morgan fingerprint density at radius 2 is 1.52 bits per heavy atom. The second-order valence-corrected chi connectivity index (χ2v) is 8.94. The summed E-state index contributed by atoms with van der Waals surface area (Å²) in [5, 5.41) is 8.42. The van der Waals surface area contributed by atoms with Crippen molar-refractivity contribution in [3.05, 3.63) is 86.4 Å². The standard InChI is InChI=1S/C13H9ClN2O2S.C5H3ClIN/c14-13-11(7-4-8-16-13)12(9-15)19(17,18)10-5-2-1-3-6-10;6-5-4(7)2-1-3-8-5/h1-8,12H;1-3H. The van der Waals surface area contributed by atoms with Crippen molar-refractivity contribution in [2.24, 2.45) is 0 Å². The Kier molecular flexibility index (Phi) is 7.98. The van der Waals surface area contributed by atoms with Gasteiger partial charge in [0, 0.05) is 18.0 Å². The van der Waals surface area contributed by atoms with Crippen LogP contribution in [0.2, 0.25) is 10.3 Å². The maximum atomic E-state index is 12.4. The van der Waals surface area contributed by atoms with E-state index >= 15 is 0 Å². The highest BCUT2D eigenvalue weighted by molar-refractivity contribution is 14.1. The Balaban J connectivity index is 0.000000273. The van der Waals surface area contributed by atoms with Crippen molar-refractivity contribution in [3.63, 3.8) is 0 Å². The predicted octanol–water partition coefficient (Wildman–Crippen LogP) is 5.11. The molecule has 0 radical (unpaired) electrons. The molecular formula is C18H12Cl2IN3O2S. The zero-order valence-electron chi connectivity index (χ0n) is 13.6. The molecule has 0 N–H and O–H groups in total. The molecule has 2 aromatic heterocycles. The zero-order valence-corrected chi connectivity index (χ0v) is 18.1. The van der Waals surface area contributed by atoms with Gasteiger partial charge in [-0.05, 0) is 52.9 Å². The summed E-state index contributed by atoms with van der Waals surface area (Å²) in [7, 11) is -3.81. The third-order valence-electron chi connectivity index (χ3n) is 3.28. The molecule has 9 heteroatoms. The van der Waals surface area contributed by atoms with Gasteiger partial charge in [-0.25, -0.2) is 18.4 Å². The van der Waals surface area contributed by atoms with E-state index in [1.54, 1.807) is 36.5 Å². The van der Waals surface area contributed by atoms with Gasteiger partial charge in [0.1, 0.15) is 10.3 Å². The summed E-state index contributed by atoms with van der Waals surface area (Å²) in [6.07, 6.45) is 3.11. The summed E-state index contributed by atoms with van der Waals surface area (Å²) in [5.74, 6) is 0. The average molecular weight is 532 g/mol. The average Bonchev–Trinajstić information content (AvgIpc) is 2.67. The molecule has 0 amide bonds. The molecule has 5 nitrogen and oxygen atoms in total. The van der Waals surface area contributed by atoms with E-state index < -0.39 is 15.1 Å². The molecule has 0 fully saturated rings. The number of nitriles is 1. The minimum absolute atomic E-state index is 0.0218. The quantitative estimate of drug-likeness (QED) is 0.346. The van der Waals surface area contributed by atoms with Crippen LogP contribution in [0.1, 0.15) is 10.8 Å². The maximum Gasteiger partial charge on any atom is 0.198 e. The molecule has 0 aliphatic carbocycles. The second-order valence-electron chi connectivity index (χ2n) is 5.03. The lowest BCUT2D eigenvalue weighted by molar-refractivity contribution is 0.591. The van der Waals surface area contributed by atoms with Crippen LogP contribution >= 0.6 is 45.8 Å². The minimum atomic E-state index is -3.81. The van der Waals surface area contributed by atoms with Gasteiger partial charge < -0.3 is 0 Å². The summed E-state index contributed by atoms with van der Waals surface area (Å²) in [6, 6.07) is 16.4. The molecule has 1 aromatic carbocycles. The molecule has 0 bridgehead atoms. The van der Waals surface area contributed by atoms with Crippen LogP contribution in [0, 0.1) is 14.9 Å². The molecular weight excluding hydrogens is 520 g/mol. The van der Waals surface area contributed by atoms with Crippen LogP contribution in [0.4, 0.5) is 0 Å². The summed E-state index contributed by atoms with van der Waals surface area (Å²) in [4.78, 5) is 7.73. The fourth-order valence-electron chi connectivity index (χ4n) is 2.01. The van der Waals surface area contributed by atoms with Gasteiger partial charge in [0.25, 0.3) is 0 Å². The Bertz CT molecular complexity index is 1040. The highest BCUT2D eigenvalue weighted by Gasteiger charge is 2.30. The van der Waals surface area contributed by atoms with Crippen molar-refractivity contribution in [3.8, 4) is 6.07 Å². The molecule has 3 aromatic rings. The van der Waals surface area contributed by atoms with E-state index in [0.717, 1.165) is 3.57 Å². The molecule has 138 valence electrons. The fraction of sp³-hybridized carbons (Fsp3) is 0.0556. The maximum absolute atomic E-state index is 12.4. The van der Waals surface area contributed by atoms with Crippen LogP contribution in [0.5, 0.6) is 0 Å². The van der Waals surface area contributed by atoms with E-state index in [1.807, 2.05) is 12.1 Å². The Morgan fingerprint density at radius 3 is 2.00 bits per heavy atom. The number of halogens is 3. The van der Waals surface area contributed by atoms with Gasteiger partial charge in [-0.2, -0.15) is 5.26 Å². The lowest BCUT2D eigenvalue weighted by Gasteiger charge is -2.11. The van der Waals surface area contributed by atoms with Crippen LogP contribution in [-0.2, 0) is 9.84 Å². The lowest BCUT2D eigenvalue weighted by atomic mass is 10.2. The van der Waals surface area contributed by atoms with Crippen molar-refractivity contribution in [1.29, 1.82) is 5.26 Å². The third-order valence-corrected chi connectivity index (χ3v) is 7.00. The van der Waals surface area contributed by atoms with Crippen molar-refractivity contribution < 1.29 is 8.42 Å². The number of hydrogen-bond donors (Lipinski definition) is 0. The number of benzene rings is 1. The van der Waals surface area contributed by atoms with E-state index in [4.69, 9.17) is 23.2 Å². The molecule has 0 aliphatic heterocycles. The minimum Gasteiger partial charge on any atom is -0.244 e. The summed E-state index contributed by atoms with van der Waals surface area (Å²) in [6.45, 7) is 0. The number of sulfone groups is 1. The van der Waals surface area contributed by atoms with Gasteiger partial charge in [-0.1, -0.05) is 47.5 Å². The number of aromatic nitrogens is 2. The number of hydrogen-bond acceptors (Lipinski definition) is 5. The van der Waals surface area contributed by atoms with E-state index in [2.05, 4.69) is 32.6 Å². The van der Waals surface area contributed by atoms with Gasteiger partial charge in [0.15, 0.2) is 15.1 Å². The monoisotopic (exact) mass is 531 g/mol. The number of rotatable bonds is 3. The first-order valence-electron chi connectivity index (χ1n) is 7.43. The highest BCUT2D eigenvalue weighted by Crippen LogP contribution is 2.31. The van der Waals surface area contributed by atoms with Crippen molar-refractivity contribution in [2.45, 2.75) is 10.1 Å². The van der Waals surface area contributed by atoms with Crippen LogP contribution < -0.4 is 0 Å². The van der Waals surface area contributed by atoms with E-state index in [9.17, 15) is 13.7 Å². The fourth-order valence-corrected chi connectivity index (χ4v) is 4.24. The Labute approximate surface area is 181 Å². The summed E-state index contributed by atoms with van der Waals surface area (Å²) in [5.41, 5.74) is 0.190. The largest absolute Gasteiger partial charge is 0.244 e. The zero-order chi connectivity index (χ0) is 19.9. The Morgan fingerprint density at radius 1 is 0.926 bits per heavy atom. The predicted molar refractivity (Wildman–Crippen MR) is 113 cm³/mol. The molecule has 0 aliphatic rings. The van der Waals surface area contributed by atoms with Crippen molar-refractivity contribution in [2.75, 3.05) is 0 Å². The van der Waals surface area contributed by atoms with Crippen LogP contribution in [0.15, 0.2) is 71.9 Å². The highest BCUT2D eigenvalue weighted by atomic mass is 127. The van der Waals surface area contributed by atoms with Gasteiger partial charge in [0.2, 0.25) is 0 Å². The van der Waals surface area contributed by atoms with Gasteiger partial charge >= 0.3 is 0 Å². The van der Waals surface area contributed by atoms with E-state index in [1.165, 1.54) is 24.4 Å². The third kappa shape index (κ3) is 5.62. The molecule has 3 rings (SSSR count). The van der Waals surface area contributed by atoms with Crippen LogP contribution in [0.3, 0.4) is 0 Å². The smallest absolute Gasteiger partial charge is 0.198 e. The first-order valence-corrected chi connectivity index (χ1v) is 10.8. The molecule has 0 spiro atoms. The molecule has 1 unspecified atom stereocenters. The SMILES string of the molecule is Clc1ncccc1I.N#CC(c1cccnc1Cl)S(=O)(=O)c1ccccc1. The van der Waals surface area contributed by atoms with Gasteiger partial charge in [-0.15, -0.1) is 0 Å². The lowest BCUT2D eigenvalue weighted by Crippen LogP contribution is -2.13. The Hall–Kier alpha value is -1.73. The van der Waals surface area contributed by atoms with E-state index in [-0.39, 0.29) is 15.6 Å². The first-order chi connectivity index (χ1) is 12.9. The van der Waals surface area contributed by atoms with E-state index in [0.29, 0.717) is 5.15 Å². The molecule has 2 heterocycles. The first kappa shape index (κ1) is 21.6.